The number of carbonyl (C=O) groups is 2. The Morgan fingerprint density at radius 2 is 2.00 bits per heavy atom. The van der Waals surface area contributed by atoms with Crippen LogP contribution < -0.4 is 0 Å². The Kier molecular flexibility index (Phi) is 8.47. The Morgan fingerprint density at radius 1 is 1.19 bits per heavy atom. The number of nitrogens with zero attached hydrogens (tertiary/aromatic N) is 2. The second kappa shape index (κ2) is 11.5. The number of ether oxygens (including phenoxy) is 1. The van der Waals surface area contributed by atoms with Crippen LogP contribution in [-0.2, 0) is 20.9 Å². The Balaban J connectivity index is 1.73. The molecule has 1 aromatic carbocycles. The highest BCUT2D eigenvalue weighted by molar-refractivity contribution is 5.88. The summed E-state index contributed by atoms with van der Waals surface area (Å²) in [5.41, 5.74) is 0.961. The molecule has 1 fully saturated rings. The lowest BCUT2D eigenvalue weighted by molar-refractivity contribution is -0.142. The molecule has 2 aromatic rings. The van der Waals surface area contributed by atoms with E-state index < -0.39 is 0 Å². The van der Waals surface area contributed by atoms with E-state index in [-0.39, 0.29) is 30.4 Å². The van der Waals surface area contributed by atoms with Crippen molar-refractivity contribution < 1.29 is 18.7 Å². The Hall–Kier alpha value is -2.86. The van der Waals surface area contributed by atoms with Crippen LogP contribution in [0.2, 0.25) is 0 Å². The third-order valence-corrected chi connectivity index (χ3v) is 5.62. The molecule has 0 spiro atoms. The van der Waals surface area contributed by atoms with Crippen molar-refractivity contribution in [3.63, 3.8) is 0 Å². The van der Waals surface area contributed by atoms with Crippen LogP contribution in [-0.4, -0.2) is 54.0 Å². The van der Waals surface area contributed by atoms with E-state index in [1.165, 1.54) is 0 Å². The molecule has 2 heterocycles. The van der Waals surface area contributed by atoms with E-state index >= 15 is 0 Å². The third kappa shape index (κ3) is 6.31. The fourth-order valence-electron chi connectivity index (χ4n) is 3.99. The lowest BCUT2D eigenvalue weighted by atomic mass is 9.95. The molecule has 2 atom stereocenters. The molecule has 166 valence electrons. The highest BCUT2D eigenvalue weighted by Gasteiger charge is 2.29. The maximum absolute atomic E-state index is 13.3. The summed E-state index contributed by atoms with van der Waals surface area (Å²) < 4.78 is 11.2. The number of furan rings is 1. The second-order valence-electron chi connectivity index (χ2n) is 7.87. The maximum Gasteiger partial charge on any atom is 0.242 e. The number of amides is 2. The molecule has 0 bridgehead atoms. The van der Waals surface area contributed by atoms with Gasteiger partial charge in [-0.3, -0.25) is 9.59 Å². The Bertz CT molecular complexity index is 828. The van der Waals surface area contributed by atoms with Crippen molar-refractivity contribution in [2.45, 2.75) is 44.8 Å². The van der Waals surface area contributed by atoms with Crippen LogP contribution in [0.5, 0.6) is 0 Å². The average Bonchev–Trinajstić information content (AvgIpc) is 3.48. The van der Waals surface area contributed by atoms with Crippen LogP contribution in [0.15, 0.2) is 65.8 Å². The van der Waals surface area contributed by atoms with Crippen LogP contribution in [0.1, 0.15) is 43.4 Å². The summed E-state index contributed by atoms with van der Waals surface area (Å²) in [6.07, 6.45) is 5.89. The molecule has 0 radical (unpaired) electrons. The highest BCUT2D eigenvalue weighted by atomic mass is 16.5. The van der Waals surface area contributed by atoms with Crippen LogP contribution in [0.25, 0.3) is 0 Å². The largest absolute Gasteiger partial charge is 0.467 e. The molecular formula is C25H32N2O4. The van der Waals surface area contributed by atoms with Crippen molar-refractivity contribution in [3.05, 3.63) is 72.7 Å². The van der Waals surface area contributed by atoms with Gasteiger partial charge in [-0.05, 0) is 37.0 Å². The van der Waals surface area contributed by atoms with Gasteiger partial charge in [0.2, 0.25) is 11.8 Å². The van der Waals surface area contributed by atoms with Gasteiger partial charge in [-0.1, -0.05) is 43.3 Å². The quantitative estimate of drug-likeness (QED) is 0.512. The summed E-state index contributed by atoms with van der Waals surface area (Å²) in [4.78, 5) is 30.0. The van der Waals surface area contributed by atoms with E-state index in [2.05, 4.69) is 6.58 Å². The van der Waals surface area contributed by atoms with Gasteiger partial charge in [0.15, 0.2) is 0 Å². The zero-order chi connectivity index (χ0) is 22.1. The second-order valence-corrected chi connectivity index (χ2v) is 7.87. The number of benzene rings is 1. The number of hydrogen-bond acceptors (Lipinski definition) is 4. The Labute approximate surface area is 184 Å². The molecule has 1 aromatic heterocycles. The first-order chi connectivity index (χ1) is 15.1. The van der Waals surface area contributed by atoms with Gasteiger partial charge in [0, 0.05) is 19.7 Å². The fraction of sp³-hybridized carbons (Fsp3) is 0.440. The van der Waals surface area contributed by atoms with Gasteiger partial charge in [0.25, 0.3) is 0 Å². The first-order valence-electron chi connectivity index (χ1n) is 11.0. The average molecular weight is 425 g/mol. The van der Waals surface area contributed by atoms with Gasteiger partial charge >= 0.3 is 0 Å². The van der Waals surface area contributed by atoms with Crippen LogP contribution in [0.3, 0.4) is 0 Å². The highest BCUT2D eigenvalue weighted by Crippen LogP contribution is 2.22. The third-order valence-electron chi connectivity index (χ3n) is 5.62. The van der Waals surface area contributed by atoms with E-state index in [0.717, 1.165) is 25.0 Å². The lowest BCUT2D eigenvalue weighted by Gasteiger charge is -2.30. The smallest absolute Gasteiger partial charge is 0.242 e. The maximum atomic E-state index is 13.3. The summed E-state index contributed by atoms with van der Waals surface area (Å²) in [6, 6.07) is 13.4. The van der Waals surface area contributed by atoms with Crippen LogP contribution >= 0.6 is 0 Å². The van der Waals surface area contributed by atoms with Gasteiger partial charge in [-0.2, -0.15) is 0 Å². The summed E-state index contributed by atoms with van der Waals surface area (Å²) in [5, 5.41) is 0. The molecule has 6 heteroatoms. The molecule has 0 saturated carbocycles. The van der Waals surface area contributed by atoms with Crippen molar-refractivity contribution in [2.24, 2.45) is 0 Å². The molecular weight excluding hydrogens is 392 g/mol. The molecule has 3 rings (SSSR count). The van der Waals surface area contributed by atoms with E-state index in [0.29, 0.717) is 31.8 Å². The molecule has 2 amide bonds. The van der Waals surface area contributed by atoms with Crippen molar-refractivity contribution in [1.82, 2.24) is 9.80 Å². The molecule has 2 unspecified atom stereocenters. The summed E-state index contributed by atoms with van der Waals surface area (Å²) in [6.45, 7) is 7.67. The molecule has 0 aliphatic carbocycles. The minimum atomic E-state index is -0.286. The monoisotopic (exact) mass is 424 g/mol. The van der Waals surface area contributed by atoms with E-state index in [1.807, 2.05) is 49.4 Å². The minimum Gasteiger partial charge on any atom is -0.467 e. The molecule has 0 N–H and O–H groups in total. The van der Waals surface area contributed by atoms with Crippen molar-refractivity contribution in [2.75, 3.05) is 26.2 Å². The van der Waals surface area contributed by atoms with Gasteiger partial charge in [-0.15, -0.1) is 6.58 Å². The zero-order valence-electron chi connectivity index (χ0n) is 18.2. The van der Waals surface area contributed by atoms with Gasteiger partial charge in [0.1, 0.15) is 12.3 Å². The topological polar surface area (TPSA) is 63.0 Å². The van der Waals surface area contributed by atoms with Crippen molar-refractivity contribution >= 4 is 11.8 Å². The first-order valence-corrected chi connectivity index (χ1v) is 11.0. The van der Waals surface area contributed by atoms with Gasteiger partial charge in [-0.25, -0.2) is 0 Å². The fourth-order valence-corrected chi connectivity index (χ4v) is 3.99. The molecule has 1 aliphatic heterocycles. The number of carbonyl (C=O) groups excluding carboxylic acids is 2. The first kappa shape index (κ1) is 22.8. The number of rotatable bonds is 11. The minimum absolute atomic E-state index is 0.00160. The van der Waals surface area contributed by atoms with Crippen molar-refractivity contribution in [3.8, 4) is 0 Å². The van der Waals surface area contributed by atoms with E-state index in [9.17, 15) is 9.59 Å². The zero-order valence-corrected chi connectivity index (χ0v) is 18.2. The van der Waals surface area contributed by atoms with Gasteiger partial charge in [0.05, 0.1) is 24.8 Å². The SMILES string of the molecule is C=CCN(CC(=O)N(Cc1ccco1)CC1CCCO1)C(=O)C(CC)c1ccccc1. The number of hydrogen-bond donors (Lipinski definition) is 0. The van der Waals surface area contributed by atoms with Crippen LogP contribution in [0.4, 0.5) is 0 Å². The summed E-state index contributed by atoms with van der Waals surface area (Å²) in [5.74, 6) is 0.247. The standard InChI is InChI=1S/C25H32N2O4/c1-3-14-26(25(29)23(4-2)20-10-6-5-7-11-20)19-24(28)27(17-21-12-8-15-30-21)18-22-13-9-16-31-22/h3,5-8,10-12,15,22-23H,1,4,9,13-14,16-19H2,2H3. The summed E-state index contributed by atoms with van der Waals surface area (Å²) >= 11 is 0. The Morgan fingerprint density at radius 3 is 2.61 bits per heavy atom. The predicted molar refractivity (Wildman–Crippen MR) is 119 cm³/mol. The van der Waals surface area contributed by atoms with E-state index in [1.54, 1.807) is 22.1 Å². The van der Waals surface area contributed by atoms with Crippen molar-refractivity contribution in [1.29, 1.82) is 0 Å². The molecule has 31 heavy (non-hydrogen) atoms. The molecule has 1 aliphatic rings. The van der Waals surface area contributed by atoms with Crippen LogP contribution in [0, 0.1) is 0 Å². The van der Waals surface area contributed by atoms with E-state index in [4.69, 9.17) is 9.15 Å². The lowest BCUT2D eigenvalue weighted by Crippen LogP contribution is -2.46. The molecule has 6 nitrogen and oxygen atoms in total. The predicted octanol–water partition coefficient (Wildman–Crippen LogP) is 4.00. The normalized spacial score (nSPS) is 16.6. The summed E-state index contributed by atoms with van der Waals surface area (Å²) in [7, 11) is 0. The van der Waals surface area contributed by atoms with Gasteiger partial charge < -0.3 is 19.0 Å². The molecule has 1 saturated heterocycles.